The number of amides is 1. The van der Waals surface area contributed by atoms with Crippen LogP contribution in [0.5, 0.6) is 11.6 Å². The second-order valence-corrected chi connectivity index (χ2v) is 10.4. The minimum Gasteiger partial charge on any atom is -0.494 e. The van der Waals surface area contributed by atoms with E-state index in [0.29, 0.717) is 26.0 Å². The summed E-state index contributed by atoms with van der Waals surface area (Å²) < 4.78 is 17.3. The second kappa shape index (κ2) is 14.1. The van der Waals surface area contributed by atoms with Crippen LogP contribution in [0.25, 0.3) is 0 Å². The van der Waals surface area contributed by atoms with E-state index in [1.165, 1.54) is 0 Å². The van der Waals surface area contributed by atoms with E-state index in [0.717, 1.165) is 34.6 Å². The SMILES string of the molecule is Cc1cc(OCCCNC(C)CC(N)=O)ccc1Cc1c(O[C@@H]2O[C@H](CO)[C@@H](O)[C@H](O)[C@H]2O)n[nH]c1C(C)C. The van der Waals surface area contributed by atoms with Gasteiger partial charge < -0.3 is 45.7 Å². The van der Waals surface area contributed by atoms with E-state index >= 15 is 0 Å². The van der Waals surface area contributed by atoms with Crippen molar-refractivity contribution in [3.8, 4) is 11.6 Å². The van der Waals surface area contributed by atoms with Gasteiger partial charge in [-0.1, -0.05) is 19.9 Å². The molecule has 1 fully saturated rings. The second-order valence-electron chi connectivity index (χ2n) is 10.4. The Kier molecular flexibility index (Phi) is 11.1. The van der Waals surface area contributed by atoms with Gasteiger partial charge in [0.1, 0.15) is 30.2 Å². The normalized spacial score (nSPS) is 24.1. The molecule has 2 heterocycles. The molecular weight excluding hydrogens is 508 g/mol. The van der Waals surface area contributed by atoms with Crippen molar-refractivity contribution >= 4 is 5.91 Å². The Labute approximate surface area is 228 Å². The molecule has 39 heavy (non-hydrogen) atoms. The highest BCUT2D eigenvalue weighted by Crippen LogP contribution is 2.32. The van der Waals surface area contributed by atoms with E-state index in [1.807, 2.05) is 45.9 Å². The van der Waals surface area contributed by atoms with Crippen LogP contribution in [0, 0.1) is 6.92 Å². The molecule has 3 rings (SSSR count). The highest BCUT2D eigenvalue weighted by atomic mass is 16.7. The van der Waals surface area contributed by atoms with Crippen molar-refractivity contribution in [1.29, 1.82) is 0 Å². The van der Waals surface area contributed by atoms with E-state index in [9.17, 15) is 25.2 Å². The number of aliphatic hydroxyl groups excluding tert-OH is 4. The number of benzene rings is 1. The molecule has 1 saturated heterocycles. The molecule has 1 amide bonds. The number of hydrogen-bond acceptors (Lipinski definition) is 10. The number of nitrogens with one attached hydrogen (secondary N) is 2. The van der Waals surface area contributed by atoms with E-state index < -0.39 is 37.3 Å². The molecule has 0 bridgehead atoms. The molecule has 0 radical (unpaired) electrons. The molecule has 1 aliphatic rings. The van der Waals surface area contributed by atoms with Crippen molar-refractivity contribution < 1.29 is 39.4 Å². The van der Waals surface area contributed by atoms with Crippen LogP contribution in [0.4, 0.5) is 0 Å². The molecule has 12 nitrogen and oxygen atoms in total. The predicted molar refractivity (Wildman–Crippen MR) is 142 cm³/mol. The summed E-state index contributed by atoms with van der Waals surface area (Å²) in [6, 6.07) is 5.87. The fourth-order valence-corrected chi connectivity index (χ4v) is 4.51. The number of H-pyrrole nitrogens is 1. The molecule has 1 aliphatic heterocycles. The maximum Gasteiger partial charge on any atom is 0.238 e. The number of hydrogen-bond donors (Lipinski definition) is 7. The summed E-state index contributed by atoms with van der Waals surface area (Å²) in [6.07, 6.45) is -5.41. The summed E-state index contributed by atoms with van der Waals surface area (Å²) in [5.74, 6) is 0.725. The lowest BCUT2D eigenvalue weighted by Gasteiger charge is -2.39. The zero-order valence-electron chi connectivity index (χ0n) is 23.0. The highest BCUT2D eigenvalue weighted by Gasteiger charge is 2.45. The van der Waals surface area contributed by atoms with Crippen LogP contribution in [0.2, 0.25) is 0 Å². The minimum absolute atomic E-state index is 0.0252. The van der Waals surface area contributed by atoms with Crippen LogP contribution >= 0.6 is 0 Å². The van der Waals surface area contributed by atoms with E-state index in [4.69, 9.17) is 19.9 Å². The van der Waals surface area contributed by atoms with Crippen LogP contribution in [-0.2, 0) is 16.0 Å². The third-order valence-electron chi connectivity index (χ3n) is 6.79. The van der Waals surface area contributed by atoms with Crippen molar-refractivity contribution in [2.24, 2.45) is 5.73 Å². The summed E-state index contributed by atoms with van der Waals surface area (Å²) in [5.41, 5.74) is 8.87. The molecule has 2 aromatic rings. The maximum absolute atomic E-state index is 11.0. The minimum atomic E-state index is -1.54. The lowest BCUT2D eigenvalue weighted by atomic mass is 9.96. The van der Waals surface area contributed by atoms with Crippen LogP contribution < -0.4 is 20.5 Å². The van der Waals surface area contributed by atoms with Crippen molar-refractivity contribution in [1.82, 2.24) is 15.5 Å². The summed E-state index contributed by atoms with van der Waals surface area (Å²) in [7, 11) is 0. The number of aryl methyl sites for hydroxylation is 1. The average molecular weight is 551 g/mol. The standard InChI is InChI=1S/C27H42N4O8/c1-14(2)22-19(26(31-30-22)39-27-25(36)24(35)23(34)20(13-32)38-27)12-17-6-7-18(10-15(17)3)37-9-5-8-29-16(4)11-21(28)33/h6-7,10,14,16,20,23-25,27,29,32,34-36H,5,8-9,11-13H2,1-4H3,(H2,28,33)(H,30,31)/t16?,20-,23-,24+,25-,27+/m1/s1. The molecule has 1 aromatic heterocycles. The Morgan fingerprint density at radius 3 is 2.59 bits per heavy atom. The third-order valence-corrected chi connectivity index (χ3v) is 6.79. The average Bonchev–Trinajstić information content (AvgIpc) is 3.27. The Balaban J connectivity index is 1.65. The number of primary amides is 1. The molecule has 0 spiro atoms. The zero-order chi connectivity index (χ0) is 28.7. The van der Waals surface area contributed by atoms with Crippen LogP contribution in [0.3, 0.4) is 0 Å². The van der Waals surface area contributed by atoms with Crippen molar-refractivity contribution in [3.63, 3.8) is 0 Å². The predicted octanol–water partition coefficient (Wildman–Crippen LogP) is 0.233. The van der Waals surface area contributed by atoms with E-state index in [-0.39, 0.29) is 23.7 Å². The Bertz CT molecular complexity index is 1080. The molecule has 8 N–H and O–H groups in total. The van der Waals surface area contributed by atoms with E-state index in [2.05, 4.69) is 15.5 Å². The van der Waals surface area contributed by atoms with Gasteiger partial charge in [0.25, 0.3) is 0 Å². The number of ether oxygens (including phenoxy) is 3. The van der Waals surface area contributed by atoms with Gasteiger partial charge in [-0.2, -0.15) is 0 Å². The smallest absolute Gasteiger partial charge is 0.238 e. The molecule has 0 saturated carbocycles. The van der Waals surface area contributed by atoms with Gasteiger partial charge in [-0.25, -0.2) is 0 Å². The fourth-order valence-electron chi connectivity index (χ4n) is 4.51. The number of carbonyl (C=O) groups excluding carboxylic acids is 1. The number of nitrogens with two attached hydrogens (primary N) is 1. The first kappa shape index (κ1) is 30.8. The molecule has 218 valence electrons. The summed E-state index contributed by atoms with van der Waals surface area (Å²) in [4.78, 5) is 11.0. The van der Waals surface area contributed by atoms with Gasteiger partial charge in [-0.05, 0) is 56.0 Å². The van der Waals surface area contributed by atoms with Gasteiger partial charge in [0.15, 0.2) is 0 Å². The van der Waals surface area contributed by atoms with Gasteiger partial charge in [-0.3, -0.25) is 9.89 Å². The van der Waals surface area contributed by atoms with Gasteiger partial charge in [0, 0.05) is 30.1 Å². The summed E-state index contributed by atoms with van der Waals surface area (Å²) >= 11 is 0. The third kappa shape index (κ3) is 8.13. The van der Waals surface area contributed by atoms with Crippen LogP contribution in [0.1, 0.15) is 61.9 Å². The molecule has 6 atom stereocenters. The van der Waals surface area contributed by atoms with E-state index in [1.54, 1.807) is 0 Å². The zero-order valence-corrected chi connectivity index (χ0v) is 23.0. The highest BCUT2D eigenvalue weighted by molar-refractivity contribution is 5.74. The summed E-state index contributed by atoms with van der Waals surface area (Å²) in [5, 5.41) is 50.6. The van der Waals surface area contributed by atoms with Gasteiger partial charge in [0.2, 0.25) is 18.1 Å². The molecule has 1 unspecified atom stereocenters. The van der Waals surface area contributed by atoms with Gasteiger partial charge >= 0.3 is 0 Å². The lowest BCUT2D eigenvalue weighted by molar-refractivity contribution is -0.278. The van der Waals surface area contributed by atoms with Crippen LogP contribution in [-0.4, -0.2) is 93.0 Å². The summed E-state index contributed by atoms with van der Waals surface area (Å²) in [6.45, 7) is 8.62. The Morgan fingerprint density at radius 2 is 1.95 bits per heavy atom. The number of aromatic amines is 1. The lowest BCUT2D eigenvalue weighted by Crippen LogP contribution is -2.60. The number of aromatic nitrogens is 2. The topological polar surface area (TPSA) is 192 Å². The quantitative estimate of drug-likeness (QED) is 0.160. The number of aliphatic hydroxyl groups is 4. The molecular formula is C27H42N4O8. The number of rotatable bonds is 14. The fraction of sp³-hybridized carbons (Fsp3) is 0.630. The molecule has 12 heteroatoms. The number of carbonyl (C=O) groups is 1. The maximum atomic E-state index is 11.0. The van der Waals surface area contributed by atoms with Crippen LogP contribution in [0.15, 0.2) is 18.2 Å². The molecule has 0 aliphatic carbocycles. The van der Waals surface area contributed by atoms with Crippen molar-refractivity contribution in [2.45, 2.75) is 89.6 Å². The number of nitrogens with zero attached hydrogens (tertiary/aromatic N) is 1. The molecule has 1 aromatic carbocycles. The van der Waals surface area contributed by atoms with Crippen molar-refractivity contribution in [3.05, 3.63) is 40.6 Å². The monoisotopic (exact) mass is 550 g/mol. The Hall–Kier alpha value is -2.74. The van der Waals surface area contributed by atoms with Gasteiger partial charge in [0.05, 0.1) is 13.2 Å². The van der Waals surface area contributed by atoms with Gasteiger partial charge in [-0.15, -0.1) is 5.10 Å². The largest absolute Gasteiger partial charge is 0.494 e. The first-order chi connectivity index (χ1) is 18.5. The Morgan fingerprint density at radius 1 is 1.21 bits per heavy atom. The first-order valence-electron chi connectivity index (χ1n) is 13.3. The van der Waals surface area contributed by atoms with Crippen molar-refractivity contribution in [2.75, 3.05) is 19.8 Å². The first-order valence-corrected chi connectivity index (χ1v) is 13.3.